The highest BCUT2D eigenvalue weighted by atomic mass is 35.5. The van der Waals surface area contributed by atoms with E-state index < -0.39 is 154 Å². The van der Waals surface area contributed by atoms with Crippen LogP contribution < -0.4 is 0 Å². The van der Waals surface area contributed by atoms with Gasteiger partial charge in [-0.15, -0.1) is 10.2 Å². The minimum Gasteiger partial charge on any atom is -0.480 e. The molecule has 4 heterocycles. The Morgan fingerprint density at radius 1 is 0.579 bits per heavy atom. The fraction of sp³-hybridized carbons (Fsp3) is 0.318. The SMILES string of the molecule is O=C(O)CO[C@@H]1[C@@H](n2cc(-c3cc(F)c(F)c(F)c3)nn2)[C@@H](O)[C@@H](CO)O[C@@H]1S(=O)c1ccc(Cl)c(Cl)c1.O=C(O)CO[C@@H]1[C@@H](n2cc(-c3cc(F)c(F)c(F)c3)nn2)[C@@H](O)[C@@H](CO)O[C@@H]1S(=O)c1ccc(Cl)c(Cl)c1. The van der Waals surface area contributed by atoms with Gasteiger partial charge in [-0.2, -0.15) is 0 Å². The maximum absolute atomic E-state index is 13.8. The maximum Gasteiger partial charge on any atom is 0.329 e. The van der Waals surface area contributed by atoms with Gasteiger partial charge in [-0.1, -0.05) is 56.8 Å². The highest BCUT2D eigenvalue weighted by Crippen LogP contribution is 2.39. The van der Waals surface area contributed by atoms with Crippen molar-refractivity contribution in [2.75, 3.05) is 26.4 Å². The third-order valence-electron chi connectivity index (χ3n) is 11.3. The van der Waals surface area contributed by atoms with Gasteiger partial charge in [-0.05, 0) is 60.7 Å². The van der Waals surface area contributed by atoms with Crippen LogP contribution in [0.3, 0.4) is 0 Å². The van der Waals surface area contributed by atoms with Crippen molar-refractivity contribution in [1.82, 2.24) is 30.0 Å². The average Bonchev–Trinajstić information content (AvgIpc) is 4.08. The van der Waals surface area contributed by atoms with E-state index in [0.29, 0.717) is 24.3 Å². The Labute approximate surface area is 448 Å². The molecule has 8 rings (SSSR count). The van der Waals surface area contributed by atoms with E-state index in [2.05, 4.69) is 20.6 Å². The number of hydrogen-bond acceptors (Lipinski definition) is 16. The number of nitrogens with zero attached hydrogens (tertiary/aromatic N) is 6. The molecule has 2 fully saturated rings. The van der Waals surface area contributed by atoms with Crippen molar-refractivity contribution < 1.29 is 93.9 Å². The minimum absolute atomic E-state index is 0.0753. The fourth-order valence-corrected chi connectivity index (χ4v) is 11.3. The normalized spacial score (nSPS) is 24.3. The van der Waals surface area contributed by atoms with E-state index in [1.54, 1.807) is 0 Å². The zero-order valence-electron chi connectivity index (χ0n) is 37.8. The molecule has 76 heavy (non-hydrogen) atoms. The summed E-state index contributed by atoms with van der Waals surface area (Å²) in [5.74, 6) is -12.0. The smallest absolute Gasteiger partial charge is 0.329 e. The molecule has 0 amide bonds. The lowest BCUT2D eigenvalue weighted by Gasteiger charge is -2.43. The molecule has 0 spiro atoms. The van der Waals surface area contributed by atoms with Crippen LogP contribution in [0.5, 0.6) is 0 Å². The van der Waals surface area contributed by atoms with Crippen LogP contribution in [0.1, 0.15) is 12.1 Å². The van der Waals surface area contributed by atoms with Gasteiger partial charge in [0.15, 0.2) is 45.8 Å². The molecular formula is C44H36Cl4F6N6O14S2. The Morgan fingerprint density at radius 3 is 1.22 bits per heavy atom. The molecule has 0 saturated carbocycles. The van der Waals surface area contributed by atoms with Gasteiger partial charge in [0.05, 0.1) is 67.3 Å². The summed E-state index contributed by atoms with van der Waals surface area (Å²) in [5, 5.41) is 75.8. The second kappa shape index (κ2) is 25.1. The number of aliphatic hydroxyl groups is 4. The first-order chi connectivity index (χ1) is 36.0. The summed E-state index contributed by atoms with van der Waals surface area (Å²) in [7, 11) is -4.22. The number of aliphatic carboxylic acids is 2. The highest BCUT2D eigenvalue weighted by molar-refractivity contribution is 7.85. The average molecular weight is 1190 g/mol. The van der Waals surface area contributed by atoms with Crippen LogP contribution >= 0.6 is 46.4 Å². The second-order valence-electron chi connectivity index (χ2n) is 16.2. The van der Waals surface area contributed by atoms with Crippen molar-refractivity contribution in [3.8, 4) is 22.5 Å². The van der Waals surface area contributed by atoms with Crippen LogP contribution in [0.15, 0.2) is 82.8 Å². The molecule has 0 bridgehead atoms. The number of carboxylic acid groups (broad SMARTS) is 2. The van der Waals surface area contributed by atoms with Gasteiger partial charge in [0.25, 0.3) is 0 Å². The Morgan fingerprint density at radius 2 is 0.921 bits per heavy atom. The van der Waals surface area contributed by atoms with Crippen LogP contribution in [-0.4, -0.2) is 155 Å². The summed E-state index contributed by atoms with van der Waals surface area (Å²) in [6.45, 7) is -3.28. The van der Waals surface area contributed by atoms with E-state index in [1.807, 2.05) is 0 Å². The van der Waals surface area contributed by atoms with Gasteiger partial charge in [-0.25, -0.2) is 45.3 Å². The van der Waals surface area contributed by atoms with E-state index in [-0.39, 0.29) is 52.4 Å². The molecule has 2 unspecified atom stereocenters. The van der Waals surface area contributed by atoms with E-state index in [9.17, 15) is 75.0 Å². The number of aromatic nitrogens is 6. The highest BCUT2D eigenvalue weighted by Gasteiger charge is 2.52. The molecule has 2 aliphatic rings. The Kier molecular flexibility index (Phi) is 19.3. The predicted molar refractivity (Wildman–Crippen MR) is 253 cm³/mol. The lowest BCUT2D eigenvalue weighted by molar-refractivity contribution is -0.197. The molecule has 2 aromatic heterocycles. The summed E-state index contributed by atoms with van der Waals surface area (Å²) in [6.07, 6.45) is -6.53. The fourth-order valence-electron chi connectivity index (χ4n) is 7.75. The largest absolute Gasteiger partial charge is 0.480 e. The lowest BCUT2D eigenvalue weighted by Crippen LogP contribution is -2.58. The Bertz CT molecular complexity index is 2920. The Hall–Kier alpha value is -5.18. The lowest BCUT2D eigenvalue weighted by atomic mass is 9.97. The minimum atomic E-state index is -2.11. The van der Waals surface area contributed by atoms with Crippen LogP contribution in [0.4, 0.5) is 26.3 Å². The molecule has 2 saturated heterocycles. The van der Waals surface area contributed by atoms with Crippen LogP contribution in [0.25, 0.3) is 22.5 Å². The van der Waals surface area contributed by atoms with E-state index in [4.69, 9.17) is 65.4 Å². The molecule has 20 nitrogen and oxygen atoms in total. The molecule has 12 atom stereocenters. The maximum atomic E-state index is 13.8. The number of aliphatic hydroxyl groups excluding tert-OH is 4. The van der Waals surface area contributed by atoms with E-state index in [1.165, 1.54) is 36.4 Å². The third kappa shape index (κ3) is 12.9. The van der Waals surface area contributed by atoms with Gasteiger partial charge in [0, 0.05) is 20.9 Å². The quantitative estimate of drug-likeness (QED) is 0.0541. The molecular weight excluding hydrogens is 1160 g/mol. The van der Waals surface area contributed by atoms with Crippen LogP contribution in [0.2, 0.25) is 20.1 Å². The standard InChI is InChI=1S/2C22H18Cl2F3N3O7S/c2*23-11-2-1-10(5-12(11)24)38(35)22-21(36-8-17(32)33)19(20(34)16(7-31)37-22)30-6-15(28-29-30)9-3-13(25)18(27)14(26)4-9/h2*1-6,16,19-22,31,34H,7-8H2,(H,32,33)/t2*16-,19+,20+,21-,22-,38?/m11/s1. The van der Waals surface area contributed by atoms with Gasteiger partial charge in [0.1, 0.15) is 73.3 Å². The molecule has 0 aliphatic carbocycles. The number of carbonyl (C=O) groups is 2. The number of halogens is 10. The number of carboxylic acids is 2. The second-order valence-corrected chi connectivity index (χ2v) is 20.9. The van der Waals surface area contributed by atoms with Crippen LogP contribution in [0, 0.1) is 34.9 Å². The van der Waals surface area contributed by atoms with Gasteiger partial charge >= 0.3 is 11.9 Å². The molecule has 2 aliphatic heterocycles. The third-order valence-corrected chi connectivity index (χ3v) is 15.8. The first-order valence-electron chi connectivity index (χ1n) is 21.4. The van der Waals surface area contributed by atoms with Gasteiger partial charge in [0.2, 0.25) is 0 Å². The first kappa shape index (κ1) is 58.5. The molecule has 4 aromatic carbocycles. The molecule has 0 radical (unpaired) electrons. The number of benzene rings is 4. The predicted octanol–water partition coefficient (Wildman–Crippen LogP) is 5.13. The summed E-state index contributed by atoms with van der Waals surface area (Å²) >= 11 is 23.9. The number of rotatable bonds is 16. The van der Waals surface area contributed by atoms with Crippen molar-refractivity contribution >= 4 is 79.9 Å². The monoisotopic (exact) mass is 1190 g/mol. The first-order valence-corrected chi connectivity index (χ1v) is 25.4. The van der Waals surface area contributed by atoms with E-state index >= 15 is 0 Å². The molecule has 32 heteroatoms. The number of ether oxygens (including phenoxy) is 4. The Balaban J connectivity index is 0.000000221. The molecule has 408 valence electrons. The van der Waals surface area contributed by atoms with Gasteiger partial charge in [-0.3, -0.25) is 8.42 Å². The van der Waals surface area contributed by atoms with Crippen molar-refractivity contribution in [3.05, 3.63) is 128 Å². The molecule has 6 N–H and O–H groups in total. The number of hydrogen-bond donors (Lipinski definition) is 6. The zero-order valence-corrected chi connectivity index (χ0v) is 42.4. The van der Waals surface area contributed by atoms with Crippen LogP contribution in [-0.2, 0) is 50.1 Å². The summed E-state index contributed by atoms with van der Waals surface area (Å²) in [4.78, 5) is 22.8. The van der Waals surface area contributed by atoms with Crippen molar-refractivity contribution in [3.63, 3.8) is 0 Å². The van der Waals surface area contributed by atoms with Gasteiger partial charge < -0.3 is 49.6 Å². The van der Waals surface area contributed by atoms with Crippen molar-refractivity contribution in [1.29, 1.82) is 0 Å². The van der Waals surface area contributed by atoms with Crippen molar-refractivity contribution in [2.24, 2.45) is 0 Å². The zero-order chi connectivity index (χ0) is 55.4. The topological polar surface area (TPSA) is 288 Å². The van der Waals surface area contributed by atoms with E-state index in [0.717, 1.165) is 21.8 Å². The van der Waals surface area contributed by atoms with Crippen molar-refractivity contribution in [2.45, 2.75) is 69.4 Å². The summed E-state index contributed by atoms with van der Waals surface area (Å²) < 4.78 is 133. The summed E-state index contributed by atoms with van der Waals surface area (Å²) in [5.41, 5.74) is -3.59. The molecule has 6 aromatic rings. The summed E-state index contributed by atoms with van der Waals surface area (Å²) in [6, 6.07) is 8.18.